The van der Waals surface area contributed by atoms with Crippen LogP contribution >= 0.6 is 0 Å². The van der Waals surface area contributed by atoms with E-state index in [1.165, 1.54) is 77.2 Å². The third-order valence-electron chi connectivity index (χ3n) is 9.36. The van der Waals surface area contributed by atoms with Gasteiger partial charge in [-0.15, -0.1) is 0 Å². The third-order valence-corrected chi connectivity index (χ3v) is 9.36. The van der Waals surface area contributed by atoms with E-state index >= 15 is 0 Å². The average molecular weight is 589 g/mol. The van der Waals surface area contributed by atoms with E-state index in [1.807, 2.05) is 0 Å². The van der Waals surface area contributed by atoms with Crippen molar-refractivity contribution in [2.45, 2.75) is 12.8 Å². The highest BCUT2D eigenvalue weighted by Crippen LogP contribution is 2.33. The maximum absolute atomic E-state index is 2.38. The second-order valence-corrected chi connectivity index (χ2v) is 12.2. The van der Waals surface area contributed by atoms with E-state index in [0.717, 1.165) is 12.8 Å². The molecule has 218 valence electrons. The zero-order chi connectivity index (χ0) is 30.5. The number of fused-ring (bicyclic) bond motifs is 6. The molecule has 9 aromatic rings. The Bertz CT molecular complexity index is 2230. The fourth-order valence-corrected chi connectivity index (χ4v) is 7.25. The van der Waals surface area contributed by atoms with Crippen molar-refractivity contribution in [3.8, 4) is 11.4 Å². The minimum atomic E-state index is 0.911. The van der Waals surface area contributed by atoms with Crippen molar-refractivity contribution in [3.05, 3.63) is 192 Å². The third kappa shape index (κ3) is 4.50. The molecule has 2 nitrogen and oxygen atoms in total. The summed E-state index contributed by atoms with van der Waals surface area (Å²) in [5.41, 5.74) is 12.7. The van der Waals surface area contributed by atoms with Crippen molar-refractivity contribution in [2.24, 2.45) is 0 Å². The first-order chi connectivity index (χ1) is 22.8. The second kappa shape index (κ2) is 10.9. The Labute approximate surface area is 268 Å². The second-order valence-electron chi connectivity index (χ2n) is 12.2. The molecular formula is C44H32N2. The van der Waals surface area contributed by atoms with Crippen molar-refractivity contribution in [3.63, 3.8) is 0 Å². The molecule has 0 atom stereocenters. The van der Waals surface area contributed by atoms with E-state index in [-0.39, 0.29) is 0 Å². The Kier molecular flexibility index (Phi) is 6.31. The van der Waals surface area contributed by atoms with Crippen molar-refractivity contribution in [1.82, 2.24) is 9.13 Å². The number of hydrogen-bond donors (Lipinski definition) is 0. The molecule has 0 N–H and O–H groups in total. The normalized spacial score (nSPS) is 11.7. The van der Waals surface area contributed by atoms with Gasteiger partial charge in [0.15, 0.2) is 0 Å². The molecule has 0 radical (unpaired) electrons. The van der Waals surface area contributed by atoms with E-state index in [9.17, 15) is 0 Å². The fourth-order valence-electron chi connectivity index (χ4n) is 7.25. The molecule has 0 aliphatic rings. The lowest BCUT2D eigenvalue weighted by Gasteiger charge is -2.11. The number of hydrogen-bond acceptors (Lipinski definition) is 0. The van der Waals surface area contributed by atoms with Gasteiger partial charge in [-0.25, -0.2) is 0 Å². The SMILES string of the molecule is c1cc(Cc2ccc(-n3c4ccccc4c4ccccc43)cc2)cc(Cc2ccc(-n3c4ccccc4c4ccccc43)cc2)c1. The highest BCUT2D eigenvalue weighted by atomic mass is 15.0. The monoisotopic (exact) mass is 588 g/mol. The van der Waals surface area contributed by atoms with Crippen LogP contribution in [0.25, 0.3) is 55.0 Å². The zero-order valence-corrected chi connectivity index (χ0v) is 25.5. The maximum Gasteiger partial charge on any atom is 0.0541 e. The Balaban J connectivity index is 0.955. The summed E-state index contributed by atoms with van der Waals surface area (Å²) < 4.78 is 4.75. The molecule has 0 spiro atoms. The maximum atomic E-state index is 2.38. The topological polar surface area (TPSA) is 9.86 Å². The summed E-state index contributed by atoms with van der Waals surface area (Å²) in [7, 11) is 0. The first-order valence-corrected chi connectivity index (χ1v) is 16.0. The molecule has 0 saturated carbocycles. The largest absolute Gasteiger partial charge is 0.309 e. The molecule has 0 unspecified atom stereocenters. The van der Waals surface area contributed by atoms with E-state index in [0.29, 0.717) is 0 Å². The van der Waals surface area contributed by atoms with Crippen LogP contribution in [0.4, 0.5) is 0 Å². The first-order valence-electron chi connectivity index (χ1n) is 16.0. The van der Waals surface area contributed by atoms with Crippen molar-refractivity contribution < 1.29 is 0 Å². The molecule has 9 rings (SSSR count). The van der Waals surface area contributed by atoms with Crippen LogP contribution in [0.5, 0.6) is 0 Å². The molecule has 0 aliphatic carbocycles. The van der Waals surface area contributed by atoms with Gasteiger partial charge < -0.3 is 9.13 Å². The van der Waals surface area contributed by atoms with Crippen molar-refractivity contribution in [1.29, 1.82) is 0 Å². The quantitative estimate of drug-likeness (QED) is 0.183. The molecule has 2 heterocycles. The van der Waals surface area contributed by atoms with Crippen LogP contribution in [0.3, 0.4) is 0 Å². The fraction of sp³-hybridized carbons (Fsp3) is 0.0455. The molecule has 2 heteroatoms. The molecule has 0 aliphatic heterocycles. The summed E-state index contributed by atoms with van der Waals surface area (Å²) >= 11 is 0. The van der Waals surface area contributed by atoms with Crippen molar-refractivity contribution >= 4 is 43.6 Å². The van der Waals surface area contributed by atoms with Crippen LogP contribution in [0.15, 0.2) is 170 Å². The highest BCUT2D eigenvalue weighted by molar-refractivity contribution is 6.10. The first kappa shape index (κ1) is 26.5. The predicted molar refractivity (Wildman–Crippen MR) is 194 cm³/mol. The van der Waals surface area contributed by atoms with Crippen LogP contribution in [0.1, 0.15) is 22.3 Å². The Morgan fingerprint density at radius 2 is 0.609 bits per heavy atom. The molecule has 2 aromatic heterocycles. The molecule has 0 amide bonds. The lowest BCUT2D eigenvalue weighted by Crippen LogP contribution is -1.96. The number of nitrogens with zero attached hydrogens (tertiary/aromatic N) is 2. The van der Waals surface area contributed by atoms with E-state index in [4.69, 9.17) is 0 Å². The number of rotatable bonds is 6. The summed E-state index contributed by atoms with van der Waals surface area (Å²) in [5, 5.41) is 5.17. The number of para-hydroxylation sites is 4. The molecule has 0 saturated heterocycles. The number of benzene rings is 7. The van der Waals surface area contributed by atoms with Gasteiger partial charge in [-0.1, -0.05) is 121 Å². The summed E-state index contributed by atoms with van der Waals surface area (Å²) in [4.78, 5) is 0. The summed E-state index contributed by atoms with van der Waals surface area (Å²) in [6.45, 7) is 0. The summed E-state index contributed by atoms with van der Waals surface area (Å²) in [6.07, 6.45) is 1.82. The average Bonchev–Trinajstić information content (AvgIpc) is 3.63. The Morgan fingerprint density at radius 1 is 0.283 bits per heavy atom. The van der Waals surface area contributed by atoms with Gasteiger partial charge in [-0.3, -0.25) is 0 Å². The van der Waals surface area contributed by atoms with Gasteiger partial charge in [0.1, 0.15) is 0 Å². The molecule has 7 aromatic carbocycles. The molecule has 0 bridgehead atoms. The Morgan fingerprint density at radius 3 is 0.957 bits per heavy atom. The molecule has 46 heavy (non-hydrogen) atoms. The van der Waals surface area contributed by atoms with Gasteiger partial charge in [0.05, 0.1) is 22.1 Å². The zero-order valence-electron chi connectivity index (χ0n) is 25.5. The predicted octanol–water partition coefficient (Wildman–Crippen LogP) is 11.1. The van der Waals surface area contributed by atoms with Gasteiger partial charge in [0.25, 0.3) is 0 Å². The molecular weight excluding hydrogens is 556 g/mol. The van der Waals surface area contributed by atoms with E-state index in [1.54, 1.807) is 0 Å². The molecule has 0 fully saturated rings. The number of aromatic nitrogens is 2. The van der Waals surface area contributed by atoms with E-state index in [2.05, 4.69) is 179 Å². The smallest absolute Gasteiger partial charge is 0.0541 e. The lowest BCUT2D eigenvalue weighted by atomic mass is 9.99. The highest BCUT2D eigenvalue weighted by Gasteiger charge is 2.13. The van der Waals surface area contributed by atoms with Gasteiger partial charge >= 0.3 is 0 Å². The standard InChI is InChI=1S/C44H32N2/c1-5-16-41-37(12-1)38-13-2-6-17-42(38)45(41)35-24-20-31(21-25-35)28-33-10-9-11-34(30-33)29-32-22-26-36(27-23-32)46-43-18-7-3-14-39(43)40-15-4-8-19-44(40)46/h1-27,30H,28-29H2. The van der Waals surface area contributed by atoms with E-state index < -0.39 is 0 Å². The van der Waals surface area contributed by atoms with Gasteiger partial charge in [-0.05, 0) is 83.6 Å². The van der Waals surface area contributed by atoms with Crippen LogP contribution in [0.2, 0.25) is 0 Å². The van der Waals surface area contributed by atoms with Gasteiger partial charge in [-0.2, -0.15) is 0 Å². The van der Waals surface area contributed by atoms with Crippen molar-refractivity contribution in [2.75, 3.05) is 0 Å². The van der Waals surface area contributed by atoms with Gasteiger partial charge in [0.2, 0.25) is 0 Å². The van der Waals surface area contributed by atoms with Gasteiger partial charge in [0, 0.05) is 32.9 Å². The minimum Gasteiger partial charge on any atom is -0.309 e. The summed E-state index contributed by atoms with van der Waals surface area (Å²) in [6, 6.07) is 61.9. The lowest BCUT2D eigenvalue weighted by molar-refractivity contribution is 1.12. The van der Waals surface area contributed by atoms with Crippen LogP contribution in [-0.2, 0) is 12.8 Å². The van der Waals surface area contributed by atoms with Crippen LogP contribution in [-0.4, -0.2) is 9.13 Å². The van der Waals surface area contributed by atoms with Crippen LogP contribution in [0, 0.1) is 0 Å². The minimum absolute atomic E-state index is 0.911. The van der Waals surface area contributed by atoms with Crippen LogP contribution < -0.4 is 0 Å². The summed E-state index contributed by atoms with van der Waals surface area (Å²) in [5.74, 6) is 0. The Hall–Kier alpha value is -5.86.